The minimum atomic E-state index is -3.86. The van der Waals surface area contributed by atoms with Crippen LogP contribution in [0.1, 0.15) is 15.7 Å². The first-order valence-corrected chi connectivity index (χ1v) is 14.0. The lowest BCUT2D eigenvalue weighted by molar-refractivity contribution is -0.126. The van der Waals surface area contributed by atoms with Gasteiger partial charge in [-0.25, -0.2) is 13.6 Å². The van der Waals surface area contributed by atoms with Gasteiger partial charge in [0.25, 0.3) is 0 Å². The van der Waals surface area contributed by atoms with Crippen LogP contribution in [0, 0.1) is 5.92 Å². The molecule has 2 aromatic heterocycles. The number of benzene rings is 1. The zero-order valence-corrected chi connectivity index (χ0v) is 20.4. The number of thiophene rings is 1. The molecule has 4 N–H and O–H groups in total. The van der Waals surface area contributed by atoms with Crippen LogP contribution < -0.4 is 20.6 Å². The van der Waals surface area contributed by atoms with E-state index in [4.69, 9.17) is 5.14 Å². The first kappa shape index (κ1) is 23.0. The number of sulfonamides is 1. The highest BCUT2D eigenvalue weighted by Gasteiger charge is 2.53. The number of carbonyl (C=O) groups is 3. The maximum atomic E-state index is 12.9. The van der Waals surface area contributed by atoms with Gasteiger partial charge in [0.2, 0.25) is 27.7 Å². The largest absolute Gasteiger partial charge is 0.325 e. The number of fused-ring (bicyclic) bond motifs is 2. The molecule has 0 bridgehead atoms. The Morgan fingerprint density at radius 2 is 1.85 bits per heavy atom. The number of carbonyl (C=O) groups excluding carboxylic acids is 3. The van der Waals surface area contributed by atoms with E-state index in [2.05, 4.69) is 10.6 Å². The number of nitrogens with one attached hydrogen (secondary N) is 2. The van der Waals surface area contributed by atoms with Crippen molar-refractivity contribution < 1.29 is 22.8 Å². The molecule has 5 rings (SSSR count). The lowest BCUT2D eigenvalue weighted by Gasteiger charge is -2.29. The highest BCUT2D eigenvalue weighted by molar-refractivity contribution is 8.00. The molecule has 0 radical (unpaired) electrons. The van der Waals surface area contributed by atoms with Gasteiger partial charge >= 0.3 is 4.87 Å². The van der Waals surface area contributed by atoms with E-state index >= 15 is 0 Å². The first-order chi connectivity index (χ1) is 16.1. The summed E-state index contributed by atoms with van der Waals surface area (Å²) in [5, 5.41) is 11.8. The number of nitrogens with two attached hydrogens (primary N) is 1. The quantitative estimate of drug-likeness (QED) is 0.413. The minimum absolute atomic E-state index is 0.0939. The predicted molar refractivity (Wildman–Crippen MR) is 127 cm³/mol. The van der Waals surface area contributed by atoms with Crippen molar-refractivity contribution in [1.29, 1.82) is 0 Å². The van der Waals surface area contributed by atoms with Crippen molar-refractivity contribution in [3.8, 4) is 0 Å². The zero-order chi connectivity index (χ0) is 24.2. The van der Waals surface area contributed by atoms with E-state index in [-0.39, 0.29) is 22.2 Å². The second-order valence-corrected chi connectivity index (χ2v) is 12.3. The van der Waals surface area contributed by atoms with E-state index < -0.39 is 38.9 Å². The number of amides is 3. The Morgan fingerprint density at radius 3 is 2.50 bits per heavy atom. The summed E-state index contributed by atoms with van der Waals surface area (Å²) in [6.07, 6.45) is 0. The van der Waals surface area contributed by atoms with Crippen LogP contribution in [-0.2, 0) is 31.0 Å². The molecule has 14 heteroatoms. The summed E-state index contributed by atoms with van der Waals surface area (Å²) in [5.74, 6) is -2.34. The van der Waals surface area contributed by atoms with Gasteiger partial charge in [-0.3, -0.25) is 29.1 Å². The Kier molecular flexibility index (Phi) is 5.72. The first-order valence-electron chi connectivity index (χ1n) is 9.84. The van der Waals surface area contributed by atoms with E-state index in [1.165, 1.54) is 40.2 Å². The second kappa shape index (κ2) is 8.46. The maximum absolute atomic E-state index is 12.9. The molecular formula is C20H16N4O6S4. The zero-order valence-electron chi connectivity index (χ0n) is 17.1. The fourth-order valence-electron chi connectivity index (χ4n) is 4.02. The number of nitrogens with zero attached hydrogens (tertiary/aromatic N) is 1. The van der Waals surface area contributed by atoms with Crippen LogP contribution in [0.2, 0.25) is 0 Å². The van der Waals surface area contributed by atoms with E-state index in [0.29, 0.717) is 15.6 Å². The Bertz CT molecular complexity index is 1470. The molecule has 10 nitrogen and oxygen atoms in total. The van der Waals surface area contributed by atoms with Gasteiger partial charge in [0.1, 0.15) is 11.8 Å². The van der Waals surface area contributed by atoms with Gasteiger partial charge in [0.15, 0.2) is 0 Å². The van der Waals surface area contributed by atoms with Crippen molar-refractivity contribution in [3.63, 3.8) is 0 Å². The number of aromatic nitrogens is 1. The molecule has 0 aliphatic carbocycles. The molecule has 3 aromatic rings. The molecule has 2 aliphatic heterocycles. The molecule has 3 amide bonds. The van der Waals surface area contributed by atoms with Crippen LogP contribution in [0.4, 0.5) is 5.69 Å². The molecule has 1 aromatic carbocycles. The van der Waals surface area contributed by atoms with Crippen molar-refractivity contribution in [1.82, 2.24) is 9.88 Å². The predicted octanol–water partition coefficient (Wildman–Crippen LogP) is 1.14. The van der Waals surface area contributed by atoms with Crippen molar-refractivity contribution >= 4 is 67.9 Å². The van der Waals surface area contributed by atoms with Crippen molar-refractivity contribution in [2.24, 2.45) is 11.1 Å². The fraction of sp³-hybridized carbons (Fsp3) is 0.200. The SMILES string of the molecule is NS(=O)(=O)c1ccc(NC(=O)Cn2c3c(sc2=O)[C@@H](c2cccs2)C2C(=O)NC(=O)C2S3)cc1. The van der Waals surface area contributed by atoms with Gasteiger partial charge in [0, 0.05) is 21.4 Å². The molecule has 1 fully saturated rings. The Morgan fingerprint density at radius 1 is 1.12 bits per heavy atom. The normalized spacial score (nSPS) is 21.6. The minimum Gasteiger partial charge on any atom is -0.325 e. The standard InChI is InChI=1S/C20H16N4O6S4/c21-34(29,30)10-5-3-9(4-6-10)22-12(25)8-24-19-16(33-20(24)28)13(11-2-1-7-31-11)14-15(32-19)18(27)23-17(14)26/h1-7,13-15H,8H2,(H,22,25)(H2,21,29,30)(H,23,26,27)/t13-,14?,15?/m0/s1. The van der Waals surface area contributed by atoms with Crippen molar-refractivity contribution in [2.45, 2.75) is 27.6 Å². The molecular weight excluding hydrogens is 521 g/mol. The second-order valence-electron chi connectivity index (χ2n) is 7.65. The van der Waals surface area contributed by atoms with E-state index in [1.807, 2.05) is 17.5 Å². The molecule has 2 unspecified atom stereocenters. The van der Waals surface area contributed by atoms with Gasteiger partial charge in [-0.1, -0.05) is 29.2 Å². The molecule has 1 saturated heterocycles. The van der Waals surface area contributed by atoms with Crippen LogP contribution in [0.5, 0.6) is 0 Å². The number of anilines is 1. The lowest BCUT2D eigenvalue weighted by atomic mass is 9.87. The number of rotatable bonds is 5. The number of hydrogen-bond donors (Lipinski definition) is 3. The highest BCUT2D eigenvalue weighted by Crippen LogP contribution is 2.52. The Labute approximate surface area is 205 Å². The molecule has 3 atom stereocenters. The number of thiazole rings is 1. The van der Waals surface area contributed by atoms with E-state index in [0.717, 1.165) is 28.0 Å². The topological polar surface area (TPSA) is 157 Å². The summed E-state index contributed by atoms with van der Waals surface area (Å²) < 4.78 is 24.1. The third kappa shape index (κ3) is 4.01. The monoisotopic (exact) mass is 536 g/mol. The maximum Gasteiger partial charge on any atom is 0.308 e. The van der Waals surface area contributed by atoms with Crippen LogP contribution in [0.15, 0.2) is 56.5 Å². The average Bonchev–Trinajstić information content (AvgIpc) is 3.47. The Hall–Kier alpha value is -2.78. The van der Waals surface area contributed by atoms with Crippen LogP contribution in [0.25, 0.3) is 0 Å². The fourth-order valence-corrected chi connectivity index (χ4v) is 8.23. The van der Waals surface area contributed by atoms with Crippen LogP contribution >= 0.6 is 34.4 Å². The van der Waals surface area contributed by atoms with Crippen molar-refractivity contribution in [2.75, 3.05) is 5.32 Å². The molecule has 0 saturated carbocycles. The Balaban J connectivity index is 1.45. The highest BCUT2D eigenvalue weighted by atomic mass is 32.2. The van der Waals surface area contributed by atoms with Gasteiger partial charge in [-0.2, -0.15) is 0 Å². The number of hydrogen-bond acceptors (Lipinski definition) is 9. The third-order valence-corrected chi connectivity index (χ3v) is 10.0. The average molecular weight is 537 g/mol. The summed E-state index contributed by atoms with van der Waals surface area (Å²) in [6, 6.07) is 9.03. The summed E-state index contributed by atoms with van der Waals surface area (Å²) in [4.78, 5) is 51.7. The number of imide groups is 1. The number of primary sulfonamides is 1. The van der Waals surface area contributed by atoms with Gasteiger partial charge in [-0.05, 0) is 35.7 Å². The third-order valence-electron chi connectivity index (χ3n) is 5.51. The molecule has 34 heavy (non-hydrogen) atoms. The number of thioether (sulfide) groups is 1. The van der Waals surface area contributed by atoms with Crippen molar-refractivity contribution in [3.05, 3.63) is 61.2 Å². The van der Waals surface area contributed by atoms with Crippen LogP contribution in [0.3, 0.4) is 0 Å². The van der Waals surface area contributed by atoms with E-state index in [9.17, 15) is 27.6 Å². The van der Waals surface area contributed by atoms with Gasteiger partial charge in [-0.15, -0.1) is 11.3 Å². The molecule has 176 valence electrons. The molecule has 2 aliphatic rings. The molecule has 4 heterocycles. The van der Waals surface area contributed by atoms with E-state index in [1.54, 1.807) is 0 Å². The van der Waals surface area contributed by atoms with Gasteiger partial charge in [0.05, 0.1) is 15.8 Å². The molecule has 0 spiro atoms. The summed E-state index contributed by atoms with van der Waals surface area (Å²) in [6.45, 7) is -0.307. The van der Waals surface area contributed by atoms with Crippen LogP contribution in [-0.4, -0.2) is 36.0 Å². The van der Waals surface area contributed by atoms with Gasteiger partial charge < -0.3 is 5.32 Å². The summed E-state index contributed by atoms with van der Waals surface area (Å²) in [7, 11) is -3.86. The smallest absolute Gasteiger partial charge is 0.308 e. The summed E-state index contributed by atoms with van der Waals surface area (Å²) in [5.41, 5.74) is 0.333. The lowest BCUT2D eigenvalue weighted by Crippen LogP contribution is -2.32. The summed E-state index contributed by atoms with van der Waals surface area (Å²) >= 11 is 3.54.